The zero-order valence-corrected chi connectivity index (χ0v) is 11.4. The molecule has 0 saturated heterocycles. The van der Waals surface area contributed by atoms with Gasteiger partial charge < -0.3 is 5.32 Å². The van der Waals surface area contributed by atoms with Crippen LogP contribution in [0.3, 0.4) is 0 Å². The second-order valence-electron chi connectivity index (χ2n) is 3.79. The topological polar surface area (TPSA) is 54.0 Å². The van der Waals surface area contributed by atoms with Gasteiger partial charge in [-0.3, -0.25) is 5.32 Å². The number of nitrogens with one attached hydrogen (secondary N) is 2. The number of hydrogen-bond acceptors (Lipinski definition) is 2. The highest BCUT2D eigenvalue weighted by atomic mass is 79.9. The number of pyridine rings is 1. The number of anilines is 2. The third-order valence-corrected chi connectivity index (χ3v) is 2.71. The molecule has 92 valence electrons. The van der Waals surface area contributed by atoms with Crippen LogP contribution in [0.1, 0.15) is 5.56 Å². The molecule has 0 aliphatic heterocycles. The molecule has 0 aliphatic rings. The molecule has 0 atom stereocenters. The summed E-state index contributed by atoms with van der Waals surface area (Å²) in [6.45, 7) is 2.00. The van der Waals surface area contributed by atoms with Gasteiger partial charge in [0.1, 0.15) is 10.4 Å². The fraction of sp³-hybridized carbons (Fsp3) is 0.0769. The van der Waals surface area contributed by atoms with Gasteiger partial charge in [0.25, 0.3) is 0 Å². The highest BCUT2D eigenvalue weighted by Crippen LogP contribution is 2.12. The molecule has 1 aromatic carbocycles. The summed E-state index contributed by atoms with van der Waals surface area (Å²) in [7, 11) is 0. The van der Waals surface area contributed by atoms with Crippen molar-refractivity contribution in [2.24, 2.45) is 0 Å². The average Bonchev–Trinajstić information content (AvgIpc) is 2.32. The first kappa shape index (κ1) is 12.6. The van der Waals surface area contributed by atoms with Crippen LogP contribution in [-0.2, 0) is 0 Å². The summed E-state index contributed by atoms with van der Waals surface area (Å²) in [6, 6.07) is 12.6. The molecule has 1 aromatic heterocycles. The van der Waals surface area contributed by atoms with Gasteiger partial charge in [0.05, 0.1) is 0 Å². The maximum absolute atomic E-state index is 11.7. The van der Waals surface area contributed by atoms with Gasteiger partial charge in [0.15, 0.2) is 0 Å². The average molecular weight is 306 g/mol. The van der Waals surface area contributed by atoms with Gasteiger partial charge in [0, 0.05) is 5.69 Å². The van der Waals surface area contributed by atoms with Crippen molar-refractivity contribution in [3.63, 3.8) is 0 Å². The summed E-state index contributed by atoms with van der Waals surface area (Å²) in [5.41, 5.74) is 1.89. The largest absolute Gasteiger partial charge is 0.324 e. The monoisotopic (exact) mass is 305 g/mol. The summed E-state index contributed by atoms with van der Waals surface area (Å²) in [4.78, 5) is 15.8. The minimum Gasteiger partial charge on any atom is -0.308 e. The standard InChI is InChI=1S/C13H12BrN3O/c1-9-5-7-10(8-6-9)15-13(18)17-12-4-2-3-11(14)16-12/h2-8H,1H3,(H2,15,16,17,18). The van der Waals surface area contributed by atoms with Gasteiger partial charge in [-0.1, -0.05) is 23.8 Å². The van der Waals surface area contributed by atoms with E-state index in [0.717, 1.165) is 11.3 Å². The fourth-order valence-electron chi connectivity index (χ4n) is 1.39. The lowest BCUT2D eigenvalue weighted by molar-refractivity contribution is 0.262. The van der Waals surface area contributed by atoms with E-state index in [9.17, 15) is 4.79 Å². The minimum absolute atomic E-state index is 0.315. The van der Waals surface area contributed by atoms with Crippen molar-refractivity contribution >= 4 is 33.5 Å². The van der Waals surface area contributed by atoms with Crippen molar-refractivity contribution in [3.8, 4) is 0 Å². The molecule has 0 spiro atoms. The smallest absolute Gasteiger partial charge is 0.308 e. The van der Waals surface area contributed by atoms with Crippen LogP contribution in [0, 0.1) is 6.92 Å². The lowest BCUT2D eigenvalue weighted by Gasteiger charge is -2.07. The Hall–Kier alpha value is -1.88. The van der Waals surface area contributed by atoms with E-state index in [4.69, 9.17) is 0 Å². The number of carbonyl (C=O) groups is 1. The van der Waals surface area contributed by atoms with Crippen molar-refractivity contribution in [2.75, 3.05) is 10.6 Å². The summed E-state index contributed by atoms with van der Waals surface area (Å²) >= 11 is 3.24. The van der Waals surface area contributed by atoms with Crippen LogP contribution in [0.5, 0.6) is 0 Å². The second-order valence-corrected chi connectivity index (χ2v) is 4.60. The van der Waals surface area contributed by atoms with Crippen LogP contribution in [0.15, 0.2) is 47.1 Å². The first-order valence-electron chi connectivity index (χ1n) is 5.41. The van der Waals surface area contributed by atoms with Crippen LogP contribution in [0.2, 0.25) is 0 Å². The Balaban J connectivity index is 1.98. The first-order chi connectivity index (χ1) is 8.63. The molecule has 0 fully saturated rings. The van der Waals surface area contributed by atoms with Gasteiger partial charge >= 0.3 is 6.03 Å². The Kier molecular flexibility index (Phi) is 3.94. The van der Waals surface area contributed by atoms with Gasteiger partial charge in [-0.25, -0.2) is 9.78 Å². The van der Waals surface area contributed by atoms with E-state index in [2.05, 4.69) is 31.5 Å². The van der Waals surface area contributed by atoms with Crippen LogP contribution < -0.4 is 10.6 Å². The fourth-order valence-corrected chi connectivity index (χ4v) is 1.74. The second kappa shape index (κ2) is 5.64. The van der Waals surface area contributed by atoms with Gasteiger partial charge in [-0.05, 0) is 47.1 Å². The quantitative estimate of drug-likeness (QED) is 0.829. The van der Waals surface area contributed by atoms with Crippen molar-refractivity contribution < 1.29 is 4.79 Å². The number of aryl methyl sites for hydroxylation is 1. The molecule has 4 nitrogen and oxygen atoms in total. The number of amides is 2. The molecule has 5 heteroatoms. The predicted molar refractivity (Wildman–Crippen MR) is 75.8 cm³/mol. The van der Waals surface area contributed by atoms with E-state index in [-0.39, 0.29) is 6.03 Å². The molecular weight excluding hydrogens is 294 g/mol. The highest BCUT2D eigenvalue weighted by molar-refractivity contribution is 9.10. The number of aromatic nitrogens is 1. The Labute approximate surface area is 114 Å². The normalized spacial score (nSPS) is 9.89. The molecule has 2 aromatic rings. The van der Waals surface area contributed by atoms with Crippen LogP contribution in [-0.4, -0.2) is 11.0 Å². The third kappa shape index (κ3) is 3.56. The van der Waals surface area contributed by atoms with Crippen LogP contribution in [0.25, 0.3) is 0 Å². The zero-order chi connectivity index (χ0) is 13.0. The van der Waals surface area contributed by atoms with Crippen molar-refractivity contribution in [2.45, 2.75) is 6.92 Å². The number of rotatable bonds is 2. The Morgan fingerprint density at radius 1 is 1.11 bits per heavy atom. The van der Waals surface area contributed by atoms with Gasteiger partial charge in [-0.2, -0.15) is 0 Å². The Morgan fingerprint density at radius 2 is 1.83 bits per heavy atom. The molecule has 0 aliphatic carbocycles. The molecule has 2 rings (SSSR count). The summed E-state index contributed by atoms with van der Waals surface area (Å²) in [5.74, 6) is 0.494. The SMILES string of the molecule is Cc1ccc(NC(=O)Nc2cccc(Br)n2)cc1. The molecule has 0 radical (unpaired) electrons. The zero-order valence-electron chi connectivity index (χ0n) is 9.77. The third-order valence-electron chi connectivity index (χ3n) is 2.27. The molecule has 2 amide bonds. The molecule has 2 N–H and O–H groups in total. The first-order valence-corrected chi connectivity index (χ1v) is 6.20. The lowest BCUT2D eigenvalue weighted by atomic mass is 10.2. The molecule has 0 unspecified atom stereocenters. The van der Waals surface area contributed by atoms with Crippen molar-refractivity contribution in [1.82, 2.24) is 4.98 Å². The lowest BCUT2D eigenvalue weighted by Crippen LogP contribution is -2.20. The maximum atomic E-state index is 11.7. The Bertz CT molecular complexity index is 554. The number of hydrogen-bond donors (Lipinski definition) is 2. The van der Waals surface area contributed by atoms with Crippen LogP contribution in [0.4, 0.5) is 16.3 Å². The van der Waals surface area contributed by atoms with Crippen molar-refractivity contribution in [3.05, 3.63) is 52.6 Å². The molecule has 0 saturated carbocycles. The minimum atomic E-state index is -0.315. The van der Waals surface area contributed by atoms with E-state index in [0.29, 0.717) is 10.4 Å². The van der Waals surface area contributed by atoms with E-state index in [1.54, 1.807) is 18.2 Å². The number of carbonyl (C=O) groups excluding carboxylic acids is 1. The number of benzene rings is 1. The van der Waals surface area contributed by atoms with Gasteiger partial charge in [0.2, 0.25) is 0 Å². The summed E-state index contributed by atoms with van der Waals surface area (Å²) in [6.07, 6.45) is 0. The maximum Gasteiger partial charge on any atom is 0.324 e. The number of urea groups is 1. The summed E-state index contributed by atoms with van der Waals surface area (Å²) in [5, 5.41) is 5.39. The molecule has 18 heavy (non-hydrogen) atoms. The van der Waals surface area contributed by atoms with E-state index >= 15 is 0 Å². The van der Waals surface area contributed by atoms with E-state index in [1.807, 2.05) is 31.2 Å². The van der Waals surface area contributed by atoms with Crippen LogP contribution >= 0.6 is 15.9 Å². The van der Waals surface area contributed by atoms with E-state index in [1.165, 1.54) is 0 Å². The summed E-state index contributed by atoms with van der Waals surface area (Å²) < 4.78 is 0.677. The number of nitrogens with zero attached hydrogens (tertiary/aromatic N) is 1. The molecule has 1 heterocycles. The number of halogens is 1. The molecule has 0 bridgehead atoms. The predicted octanol–water partition coefficient (Wildman–Crippen LogP) is 3.80. The van der Waals surface area contributed by atoms with Gasteiger partial charge in [-0.15, -0.1) is 0 Å². The molecular formula is C13H12BrN3O. The highest BCUT2D eigenvalue weighted by Gasteiger charge is 2.03. The van der Waals surface area contributed by atoms with E-state index < -0.39 is 0 Å². The Morgan fingerprint density at radius 3 is 2.50 bits per heavy atom. The van der Waals surface area contributed by atoms with Crippen molar-refractivity contribution in [1.29, 1.82) is 0 Å².